The van der Waals surface area contributed by atoms with Crippen molar-refractivity contribution >= 4 is 55.8 Å². The fraction of sp³-hybridized carbons (Fsp3) is 0.125. The molecule has 0 aliphatic rings. The van der Waals surface area contributed by atoms with Gasteiger partial charge in [0.05, 0.1) is 0 Å². The predicted octanol–water partition coefficient (Wildman–Crippen LogP) is 2.99. The van der Waals surface area contributed by atoms with Crippen LogP contribution in [0.15, 0.2) is 22.5 Å². The maximum absolute atomic E-state index is 11.5. The van der Waals surface area contributed by atoms with Crippen molar-refractivity contribution in [2.24, 2.45) is 0 Å². The molecule has 70 valence electrons. The van der Waals surface area contributed by atoms with Crippen molar-refractivity contribution in [3.8, 4) is 0 Å². The van der Waals surface area contributed by atoms with E-state index in [2.05, 4.69) is 50.4 Å². The summed E-state index contributed by atoms with van der Waals surface area (Å²) in [6, 6.07) is 1.92. The minimum absolute atomic E-state index is 0.0417. The van der Waals surface area contributed by atoms with Crippen LogP contribution in [0, 0.1) is 3.57 Å². The average molecular weight is 372 g/mol. The van der Waals surface area contributed by atoms with Gasteiger partial charge in [-0.05, 0) is 34.0 Å². The third kappa shape index (κ3) is 3.40. The normalized spacial score (nSPS) is 9.69. The number of carbonyl (C=O) groups excluding carboxylic acids is 1. The molecule has 0 aliphatic carbocycles. The van der Waals surface area contributed by atoms with Crippen LogP contribution in [-0.2, 0) is 0 Å². The van der Waals surface area contributed by atoms with Gasteiger partial charge in [0.25, 0.3) is 5.91 Å². The first-order chi connectivity index (χ1) is 6.11. The van der Waals surface area contributed by atoms with Crippen molar-refractivity contribution < 1.29 is 4.79 Å². The third-order valence-corrected chi connectivity index (χ3v) is 3.72. The zero-order chi connectivity index (χ0) is 9.84. The first kappa shape index (κ1) is 11.2. The second-order valence-electron chi connectivity index (χ2n) is 2.30. The van der Waals surface area contributed by atoms with Gasteiger partial charge in [-0.1, -0.05) is 22.5 Å². The number of amides is 1. The van der Waals surface area contributed by atoms with Crippen LogP contribution in [0.2, 0.25) is 0 Å². The van der Waals surface area contributed by atoms with E-state index < -0.39 is 0 Å². The van der Waals surface area contributed by atoms with E-state index in [1.807, 2.05) is 11.4 Å². The molecule has 1 aromatic rings. The number of hydrogen-bond donors (Lipinski definition) is 1. The molecular formula is C8H7BrINOS. The van der Waals surface area contributed by atoms with Gasteiger partial charge in [0.15, 0.2) is 0 Å². The van der Waals surface area contributed by atoms with Crippen molar-refractivity contribution in [2.45, 2.75) is 0 Å². The lowest BCUT2D eigenvalue weighted by Crippen LogP contribution is -2.24. The highest BCUT2D eigenvalue weighted by molar-refractivity contribution is 14.1. The molecule has 0 spiro atoms. The molecule has 0 fully saturated rings. The van der Waals surface area contributed by atoms with E-state index in [9.17, 15) is 4.79 Å². The van der Waals surface area contributed by atoms with Gasteiger partial charge in [-0.15, -0.1) is 11.3 Å². The van der Waals surface area contributed by atoms with E-state index in [4.69, 9.17) is 0 Å². The Morgan fingerprint density at radius 1 is 1.77 bits per heavy atom. The minimum atomic E-state index is -0.0417. The Balaban J connectivity index is 2.59. The lowest BCUT2D eigenvalue weighted by atomic mass is 10.4. The molecule has 0 atom stereocenters. The molecular weight excluding hydrogens is 365 g/mol. The number of halogens is 2. The summed E-state index contributed by atoms with van der Waals surface area (Å²) in [5.74, 6) is -0.0417. The highest BCUT2D eigenvalue weighted by atomic mass is 127. The maximum Gasteiger partial charge on any atom is 0.262 e. The van der Waals surface area contributed by atoms with Crippen molar-refractivity contribution in [3.63, 3.8) is 0 Å². The van der Waals surface area contributed by atoms with Crippen LogP contribution < -0.4 is 5.32 Å². The van der Waals surface area contributed by atoms with Crippen LogP contribution in [0.5, 0.6) is 0 Å². The smallest absolute Gasteiger partial charge is 0.262 e. The van der Waals surface area contributed by atoms with Crippen LogP contribution in [0.1, 0.15) is 9.67 Å². The van der Waals surface area contributed by atoms with E-state index in [0.29, 0.717) is 6.54 Å². The predicted molar refractivity (Wildman–Crippen MR) is 67.4 cm³/mol. The van der Waals surface area contributed by atoms with Crippen LogP contribution in [0.4, 0.5) is 0 Å². The largest absolute Gasteiger partial charge is 0.347 e. The Hall–Kier alpha value is 0.120. The SMILES string of the molecule is C=C(Br)CNC(=O)c1sccc1I. The van der Waals surface area contributed by atoms with Gasteiger partial charge < -0.3 is 5.32 Å². The second kappa shape index (κ2) is 5.11. The monoisotopic (exact) mass is 371 g/mol. The molecule has 0 saturated carbocycles. The zero-order valence-corrected chi connectivity index (χ0v) is 11.2. The Labute approximate surface area is 103 Å². The van der Waals surface area contributed by atoms with E-state index in [0.717, 1.165) is 12.9 Å². The summed E-state index contributed by atoms with van der Waals surface area (Å²) < 4.78 is 1.76. The fourth-order valence-corrected chi connectivity index (χ4v) is 2.60. The van der Waals surface area contributed by atoms with Crippen molar-refractivity contribution in [1.29, 1.82) is 0 Å². The fourth-order valence-electron chi connectivity index (χ4n) is 0.712. The molecule has 1 heterocycles. The molecule has 0 saturated heterocycles. The lowest BCUT2D eigenvalue weighted by Gasteiger charge is -2.01. The number of thiophene rings is 1. The molecule has 1 amide bonds. The van der Waals surface area contributed by atoms with E-state index in [-0.39, 0.29) is 5.91 Å². The van der Waals surface area contributed by atoms with Gasteiger partial charge >= 0.3 is 0 Å². The molecule has 0 bridgehead atoms. The summed E-state index contributed by atoms with van der Waals surface area (Å²) >= 11 is 6.77. The Bertz CT molecular complexity index is 337. The molecule has 13 heavy (non-hydrogen) atoms. The standard InChI is InChI=1S/C8H7BrINOS/c1-5(9)4-11-8(12)7-6(10)2-3-13-7/h2-3H,1,4H2,(H,11,12). The van der Waals surface area contributed by atoms with E-state index in [1.165, 1.54) is 11.3 Å². The number of rotatable bonds is 3. The zero-order valence-electron chi connectivity index (χ0n) is 6.64. The van der Waals surface area contributed by atoms with Gasteiger partial charge in [0.2, 0.25) is 0 Å². The van der Waals surface area contributed by atoms with Crippen molar-refractivity contribution in [3.05, 3.63) is 31.0 Å². The Morgan fingerprint density at radius 2 is 2.46 bits per heavy atom. The highest BCUT2D eigenvalue weighted by Gasteiger charge is 2.10. The van der Waals surface area contributed by atoms with Gasteiger partial charge in [0.1, 0.15) is 4.88 Å². The second-order valence-corrected chi connectivity index (χ2v) is 5.50. The number of nitrogens with one attached hydrogen (secondary N) is 1. The molecule has 1 N–H and O–H groups in total. The summed E-state index contributed by atoms with van der Waals surface area (Å²) in [5, 5.41) is 4.65. The summed E-state index contributed by atoms with van der Waals surface area (Å²) in [6.45, 7) is 4.10. The van der Waals surface area contributed by atoms with Crippen LogP contribution >= 0.6 is 49.9 Å². The Morgan fingerprint density at radius 3 is 2.92 bits per heavy atom. The van der Waals surface area contributed by atoms with Crippen LogP contribution in [-0.4, -0.2) is 12.5 Å². The number of hydrogen-bond acceptors (Lipinski definition) is 2. The van der Waals surface area contributed by atoms with E-state index >= 15 is 0 Å². The molecule has 5 heteroatoms. The topological polar surface area (TPSA) is 29.1 Å². The molecule has 0 unspecified atom stereocenters. The van der Waals surface area contributed by atoms with Gasteiger partial charge in [0, 0.05) is 14.6 Å². The van der Waals surface area contributed by atoms with Crippen molar-refractivity contribution in [2.75, 3.05) is 6.54 Å². The summed E-state index contributed by atoms with van der Waals surface area (Å²) in [5.41, 5.74) is 0. The summed E-state index contributed by atoms with van der Waals surface area (Å²) in [7, 11) is 0. The summed E-state index contributed by atoms with van der Waals surface area (Å²) in [4.78, 5) is 12.2. The minimum Gasteiger partial charge on any atom is -0.347 e. The quantitative estimate of drug-likeness (QED) is 0.813. The van der Waals surface area contributed by atoms with Crippen LogP contribution in [0.25, 0.3) is 0 Å². The average Bonchev–Trinajstić information content (AvgIpc) is 2.47. The summed E-state index contributed by atoms with van der Waals surface area (Å²) in [6.07, 6.45) is 0. The van der Waals surface area contributed by atoms with Crippen molar-refractivity contribution in [1.82, 2.24) is 5.32 Å². The first-order valence-electron chi connectivity index (χ1n) is 3.45. The highest BCUT2D eigenvalue weighted by Crippen LogP contribution is 2.18. The Kier molecular flexibility index (Phi) is 4.40. The first-order valence-corrected chi connectivity index (χ1v) is 6.21. The van der Waals surface area contributed by atoms with Crippen LogP contribution in [0.3, 0.4) is 0 Å². The van der Waals surface area contributed by atoms with Gasteiger partial charge in [-0.3, -0.25) is 4.79 Å². The van der Waals surface area contributed by atoms with Gasteiger partial charge in [-0.2, -0.15) is 0 Å². The molecule has 0 aliphatic heterocycles. The lowest BCUT2D eigenvalue weighted by molar-refractivity contribution is 0.0961. The van der Waals surface area contributed by atoms with Gasteiger partial charge in [-0.25, -0.2) is 0 Å². The van der Waals surface area contributed by atoms with E-state index in [1.54, 1.807) is 0 Å². The molecule has 0 radical (unpaired) electrons. The molecule has 0 aromatic carbocycles. The maximum atomic E-state index is 11.5. The molecule has 1 aromatic heterocycles. The molecule has 1 rings (SSSR count). The third-order valence-electron chi connectivity index (χ3n) is 1.26. The molecule has 2 nitrogen and oxygen atoms in total. The number of carbonyl (C=O) groups is 1.